The Morgan fingerprint density at radius 1 is 1.07 bits per heavy atom. The summed E-state index contributed by atoms with van der Waals surface area (Å²) in [5, 5.41) is 10.8. The van der Waals surface area contributed by atoms with Crippen molar-refractivity contribution in [2.45, 2.75) is 20.3 Å². The van der Waals surface area contributed by atoms with E-state index >= 15 is 0 Å². The van der Waals surface area contributed by atoms with Crippen LogP contribution in [0.5, 0.6) is 0 Å². The molecule has 2 aromatic carbocycles. The molecular weight excluding hydrogens is 352 g/mol. The van der Waals surface area contributed by atoms with Crippen molar-refractivity contribution < 1.29 is 4.92 Å². The topological polar surface area (TPSA) is 84.8 Å². The first-order valence-electron chi connectivity index (χ1n) is 9.06. The van der Waals surface area contributed by atoms with Crippen LogP contribution in [0.2, 0.25) is 0 Å². The standard InChI is InChI=1S/C22H26N4O2/c1-5-16(2)6-15-21(17-7-11-19(12-8-17)25(3)4)24-22(23)18-9-13-20(14-10-18)26(27)28/h6-15H,5H2,1-4H3,(H2,23,24)/b16-6-,21-15+. The van der Waals surface area contributed by atoms with E-state index in [1.54, 1.807) is 12.1 Å². The van der Waals surface area contributed by atoms with Crippen LogP contribution in [0.3, 0.4) is 0 Å². The van der Waals surface area contributed by atoms with Crippen LogP contribution in [-0.4, -0.2) is 24.9 Å². The summed E-state index contributed by atoms with van der Waals surface area (Å²) in [7, 11) is 3.98. The Labute approximate surface area is 165 Å². The summed E-state index contributed by atoms with van der Waals surface area (Å²) in [5.74, 6) is 0.306. The molecule has 2 aromatic rings. The summed E-state index contributed by atoms with van der Waals surface area (Å²) in [5.41, 5.74) is 10.8. The third-order valence-corrected chi connectivity index (χ3v) is 4.38. The number of allylic oxidation sites excluding steroid dienone is 3. The van der Waals surface area contributed by atoms with Gasteiger partial charge in [-0.2, -0.15) is 0 Å². The van der Waals surface area contributed by atoms with E-state index in [1.165, 1.54) is 17.7 Å². The van der Waals surface area contributed by atoms with Crippen LogP contribution in [0.4, 0.5) is 11.4 Å². The first-order valence-corrected chi connectivity index (χ1v) is 9.06. The van der Waals surface area contributed by atoms with Crippen molar-refractivity contribution in [3.05, 3.63) is 87.5 Å². The van der Waals surface area contributed by atoms with Gasteiger partial charge in [0.05, 0.1) is 10.6 Å². The SMILES string of the molecule is CC/C(C)=C\C=C(\N=C(N)c1ccc([N+](=O)[O-])cc1)c1ccc(N(C)C)cc1. The van der Waals surface area contributed by atoms with Crippen LogP contribution in [0.25, 0.3) is 5.70 Å². The van der Waals surface area contributed by atoms with Gasteiger partial charge in [-0.15, -0.1) is 0 Å². The van der Waals surface area contributed by atoms with Gasteiger partial charge in [-0.25, -0.2) is 4.99 Å². The lowest BCUT2D eigenvalue weighted by Crippen LogP contribution is -2.13. The monoisotopic (exact) mass is 378 g/mol. The molecule has 2 rings (SSSR count). The second-order valence-electron chi connectivity index (χ2n) is 6.66. The predicted octanol–water partition coefficient (Wildman–Crippen LogP) is 4.76. The van der Waals surface area contributed by atoms with E-state index in [0.29, 0.717) is 11.4 Å². The molecule has 0 atom stereocenters. The van der Waals surface area contributed by atoms with Crippen LogP contribution in [-0.2, 0) is 0 Å². The molecule has 0 fully saturated rings. The van der Waals surface area contributed by atoms with Gasteiger partial charge in [0.25, 0.3) is 5.69 Å². The Balaban J connectivity index is 2.43. The maximum Gasteiger partial charge on any atom is 0.269 e. The van der Waals surface area contributed by atoms with Crippen LogP contribution >= 0.6 is 0 Å². The highest BCUT2D eigenvalue weighted by Gasteiger charge is 2.08. The average molecular weight is 378 g/mol. The second-order valence-corrected chi connectivity index (χ2v) is 6.66. The zero-order valence-electron chi connectivity index (χ0n) is 16.7. The van der Waals surface area contributed by atoms with Crippen molar-refractivity contribution in [3.8, 4) is 0 Å². The van der Waals surface area contributed by atoms with Gasteiger partial charge in [-0.05, 0) is 43.7 Å². The van der Waals surface area contributed by atoms with Crippen molar-refractivity contribution in [2.75, 3.05) is 19.0 Å². The van der Waals surface area contributed by atoms with Crippen LogP contribution < -0.4 is 10.6 Å². The highest BCUT2D eigenvalue weighted by atomic mass is 16.6. The van der Waals surface area contributed by atoms with Crippen LogP contribution in [0.15, 0.2) is 71.2 Å². The highest BCUT2D eigenvalue weighted by molar-refractivity contribution is 6.00. The van der Waals surface area contributed by atoms with E-state index in [9.17, 15) is 10.1 Å². The molecule has 0 saturated carbocycles. The lowest BCUT2D eigenvalue weighted by Gasteiger charge is -2.13. The summed E-state index contributed by atoms with van der Waals surface area (Å²) < 4.78 is 0. The van der Waals surface area contributed by atoms with Gasteiger partial charge >= 0.3 is 0 Å². The van der Waals surface area contributed by atoms with E-state index < -0.39 is 4.92 Å². The molecule has 0 aliphatic heterocycles. The van der Waals surface area contributed by atoms with E-state index in [-0.39, 0.29) is 5.69 Å². The molecule has 6 heteroatoms. The predicted molar refractivity (Wildman–Crippen MR) is 117 cm³/mol. The van der Waals surface area contributed by atoms with E-state index in [2.05, 4.69) is 18.8 Å². The normalized spacial score (nSPS) is 12.8. The molecule has 0 unspecified atom stereocenters. The molecule has 2 N–H and O–H groups in total. The fourth-order valence-corrected chi connectivity index (χ4v) is 2.42. The number of benzene rings is 2. The molecule has 6 nitrogen and oxygen atoms in total. The minimum absolute atomic E-state index is 0.0214. The van der Waals surface area contributed by atoms with Crippen LogP contribution in [0.1, 0.15) is 31.4 Å². The Morgan fingerprint density at radius 2 is 1.64 bits per heavy atom. The van der Waals surface area contributed by atoms with E-state index in [4.69, 9.17) is 5.73 Å². The Hall–Kier alpha value is -3.41. The molecule has 0 heterocycles. The Morgan fingerprint density at radius 3 is 2.14 bits per heavy atom. The summed E-state index contributed by atoms with van der Waals surface area (Å²) in [6.45, 7) is 4.16. The number of nitro benzene ring substituents is 1. The molecule has 0 bridgehead atoms. The van der Waals surface area contributed by atoms with Gasteiger partial charge in [-0.1, -0.05) is 30.7 Å². The molecule has 0 aliphatic rings. The maximum atomic E-state index is 10.8. The zero-order chi connectivity index (χ0) is 20.7. The minimum atomic E-state index is -0.437. The molecule has 0 amide bonds. The quantitative estimate of drug-likeness (QED) is 0.247. The largest absolute Gasteiger partial charge is 0.383 e. The summed E-state index contributed by atoms with van der Waals surface area (Å²) in [6, 6.07) is 14.1. The minimum Gasteiger partial charge on any atom is -0.383 e. The summed E-state index contributed by atoms with van der Waals surface area (Å²) in [6.07, 6.45) is 4.93. The molecule has 0 spiro atoms. The number of amidine groups is 1. The highest BCUT2D eigenvalue weighted by Crippen LogP contribution is 2.22. The number of aliphatic imine (C=N–C) groups is 1. The van der Waals surface area contributed by atoms with Gasteiger partial charge < -0.3 is 10.6 Å². The van der Waals surface area contributed by atoms with Crippen molar-refractivity contribution >= 4 is 22.9 Å². The Bertz CT molecular complexity index is 909. The molecule has 0 aliphatic carbocycles. The number of rotatable bonds is 7. The zero-order valence-corrected chi connectivity index (χ0v) is 16.7. The van der Waals surface area contributed by atoms with Crippen molar-refractivity contribution in [2.24, 2.45) is 10.7 Å². The van der Waals surface area contributed by atoms with Crippen molar-refractivity contribution in [1.29, 1.82) is 0 Å². The number of nitrogens with two attached hydrogens (primary N) is 1. The molecule has 28 heavy (non-hydrogen) atoms. The Kier molecular flexibility index (Phi) is 7.09. The summed E-state index contributed by atoms with van der Waals surface area (Å²) in [4.78, 5) is 17.0. The first kappa shape index (κ1) is 20.9. The molecule has 0 radical (unpaired) electrons. The maximum absolute atomic E-state index is 10.8. The fourth-order valence-electron chi connectivity index (χ4n) is 2.42. The fraction of sp³-hybridized carbons (Fsp3) is 0.227. The second kappa shape index (κ2) is 9.50. The number of anilines is 1. The molecule has 0 saturated heterocycles. The number of hydrogen-bond donors (Lipinski definition) is 1. The third kappa shape index (κ3) is 5.54. The number of nitrogens with zero attached hydrogens (tertiary/aromatic N) is 3. The lowest BCUT2D eigenvalue weighted by atomic mass is 10.1. The molecular formula is C22H26N4O2. The number of non-ortho nitro benzene ring substituents is 1. The van der Waals surface area contributed by atoms with Gasteiger partial charge in [0.2, 0.25) is 0 Å². The van der Waals surface area contributed by atoms with E-state index in [0.717, 1.165) is 23.4 Å². The van der Waals surface area contributed by atoms with Gasteiger partial charge in [-0.3, -0.25) is 10.1 Å². The molecule has 146 valence electrons. The van der Waals surface area contributed by atoms with Gasteiger partial charge in [0.1, 0.15) is 5.84 Å². The van der Waals surface area contributed by atoms with Gasteiger partial charge in [0.15, 0.2) is 0 Å². The summed E-state index contributed by atoms with van der Waals surface area (Å²) >= 11 is 0. The molecule has 0 aromatic heterocycles. The van der Waals surface area contributed by atoms with Crippen molar-refractivity contribution in [3.63, 3.8) is 0 Å². The van der Waals surface area contributed by atoms with Gasteiger partial charge in [0, 0.05) is 43.0 Å². The van der Waals surface area contributed by atoms with E-state index in [1.807, 2.05) is 55.4 Å². The third-order valence-electron chi connectivity index (χ3n) is 4.38. The smallest absolute Gasteiger partial charge is 0.269 e. The van der Waals surface area contributed by atoms with Crippen LogP contribution in [0, 0.1) is 10.1 Å². The number of nitro groups is 1. The number of hydrogen-bond acceptors (Lipinski definition) is 4. The average Bonchev–Trinajstić information content (AvgIpc) is 2.70. The van der Waals surface area contributed by atoms with Crippen molar-refractivity contribution in [1.82, 2.24) is 0 Å². The lowest BCUT2D eigenvalue weighted by molar-refractivity contribution is -0.384. The first-order chi connectivity index (χ1) is 13.3.